The number of hydrogen-bond donors (Lipinski definition) is 1. The summed E-state index contributed by atoms with van der Waals surface area (Å²) < 4.78 is 2.32. The molecule has 1 N–H and O–H groups in total. The zero-order valence-corrected chi connectivity index (χ0v) is 20.0. The number of nitrogens with one attached hydrogen (secondary N) is 1. The van der Waals surface area contributed by atoms with E-state index < -0.39 is 0 Å². The van der Waals surface area contributed by atoms with Gasteiger partial charge in [-0.3, -0.25) is 4.79 Å². The van der Waals surface area contributed by atoms with Crippen molar-refractivity contribution in [2.45, 2.75) is 19.4 Å². The van der Waals surface area contributed by atoms with Crippen LogP contribution in [-0.4, -0.2) is 21.3 Å². The van der Waals surface area contributed by atoms with Crippen LogP contribution in [0.15, 0.2) is 89.7 Å². The number of fused-ring (bicyclic) bond motifs is 1. The third kappa shape index (κ3) is 5.03. The lowest BCUT2D eigenvalue weighted by molar-refractivity contribution is 0.586. The van der Waals surface area contributed by atoms with E-state index in [9.17, 15) is 4.79 Å². The van der Waals surface area contributed by atoms with Crippen molar-refractivity contribution >= 4 is 38.3 Å². The van der Waals surface area contributed by atoms with Gasteiger partial charge in [-0.2, -0.15) is 5.10 Å². The van der Waals surface area contributed by atoms with E-state index in [4.69, 9.17) is 16.7 Å². The van der Waals surface area contributed by atoms with Gasteiger partial charge in [-0.15, -0.1) is 0 Å². The summed E-state index contributed by atoms with van der Waals surface area (Å²) >= 11 is 7.57. The molecule has 0 bridgehead atoms. The fourth-order valence-corrected chi connectivity index (χ4v) is 4.94. The van der Waals surface area contributed by atoms with Crippen LogP contribution in [0.1, 0.15) is 11.1 Å². The highest BCUT2D eigenvalue weighted by molar-refractivity contribution is 7.22. The third-order valence-corrected chi connectivity index (χ3v) is 6.88. The topological polar surface area (TPSA) is 59.8 Å². The van der Waals surface area contributed by atoms with Crippen molar-refractivity contribution in [3.63, 3.8) is 0 Å². The van der Waals surface area contributed by atoms with E-state index >= 15 is 0 Å². The largest absolute Gasteiger partial charge is 0.361 e. The molecule has 7 heteroatoms. The van der Waals surface area contributed by atoms with Crippen LogP contribution in [0.2, 0.25) is 5.02 Å². The van der Waals surface area contributed by atoms with Gasteiger partial charge >= 0.3 is 0 Å². The first kappa shape index (κ1) is 22.3. The highest BCUT2D eigenvalue weighted by Gasteiger charge is 2.17. The summed E-state index contributed by atoms with van der Waals surface area (Å²) in [5.74, 6) is 0. The van der Waals surface area contributed by atoms with Crippen LogP contribution in [-0.2, 0) is 19.4 Å². The monoisotopic (exact) mass is 486 g/mol. The first-order valence-corrected chi connectivity index (χ1v) is 12.4. The maximum atomic E-state index is 13.3. The zero-order valence-electron chi connectivity index (χ0n) is 18.4. The second-order valence-corrected chi connectivity index (χ2v) is 9.41. The molecule has 0 fully saturated rings. The minimum absolute atomic E-state index is 0.170. The van der Waals surface area contributed by atoms with E-state index in [0.29, 0.717) is 23.5 Å². The van der Waals surface area contributed by atoms with E-state index in [1.54, 1.807) is 0 Å². The molecule has 0 atom stereocenters. The zero-order chi connectivity index (χ0) is 23.3. The molecule has 0 aliphatic heterocycles. The number of rotatable bonds is 8. The Kier molecular flexibility index (Phi) is 6.70. The van der Waals surface area contributed by atoms with Gasteiger partial charge in [0.1, 0.15) is 5.69 Å². The SMILES string of the molecule is O=c1c2nc(NCCc3ccccc3)sc2c(-c2ccc(Cl)cc2)nn1CCc1ccccc1. The van der Waals surface area contributed by atoms with Gasteiger partial charge in [0, 0.05) is 23.7 Å². The molecule has 0 aliphatic carbocycles. The van der Waals surface area contributed by atoms with Crippen molar-refractivity contribution in [2.24, 2.45) is 0 Å². The molecular weight excluding hydrogens is 464 g/mol. The van der Waals surface area contributed by atoms with Gasteiger partial charge in [-0.1, -0.05) is 95.7 Å². The molecule has 3 aromatic carbocycles. The predicted molar refractivity (Wildman–Crippen MR) is 141 cm³/mol. The summed E-state index contributed by atoms with van der Waals surface area (Å²) in [5, 5.41) is 9.53. The Morgan fingerprint density at radius 2 is 1.50 bits per heavy atom. The van der Waals surface area contributed by atoms with Crippen LogP contribution in [0.3, 0.4) is 0 Å². The van der Waals surface area contributed by atoms with Crippen LogP contribution in [0, 0.1) is 0 Å². The summed E-state index contributed by atoms with van der Waals surface area (Å²) in [6.07, 6.45) is 1.59. The van der Waals surface area contributed by atoms with Gasteiger partial charge in [0.2, 0.25) is 0 Å². The number of aryl methyl sites for hydroxylation is 2. The molecule has 0 aliphatic rings. The van der Waals surface area contributed by atoms with E-state index in [1.165, 1.54) is 21.6 Å². The maximum Gasteiger partial charge on any atom is 0.294 e. The molecule has 5 aromatic rings. The molecule has 0 unspecified atom stereocenters. The Morgan fingerprint density at radius 3 is 2.18 bits per heavy atom. The van der Waals surface area contributed by atoms with Crippen molar-refractivity contribution < 1.29 is 0 Å². The Bertz CT molecular complexity index is 1450. The smallest absolute Gasteiger partial charge is 0.294 e. The second kappa shape index (κ2) is 10.2. The Labute approximate surface area is 206 Å². The molecule has 0 amide bonds. The summed E-state index contributed by atoms with van der Waals surface area (Å²) in [6.45, 7) is 1.21. The number of benzene rings is 3. The van der Waals surface area contributed by atoms with Crippen molar-refractivity contribution in [1.82, 2.24) is 14.8 Å². The Morgan fingerprint density at radius 1 is 0.853 bits per heavy atom. The quantitative estimate of drug-likeness (QED) is 0.289. The minimum Gasteiger partial charge on any atom is -0.361 e. The van der Waals surface area contributed by atoms with Gasteiger partial charge in [-0.25, -0.2) is 9.67 Å². The molecule has 5 nitrogen and oxygen atoms in total. The summed E-state index contributed by atoms with van der Waals surface area (Å²) in [5.41, 5.74) is 4.33. The molecule has 0 saturated heterocycles. The summed E-state index contributed by atoms with van der Waals surface area (Å²) in [4.78, 5) is 18.0. The number of hydrogen-bond acceptors (Lipinski definition) is 5. The average Bonchev–Trinajstić information content (AvgIpc) is 3.30. The summed E-state index contributed by atoms with van der Waals surface area (Å²) in [7, 11) is 0. The average molecular weight is 487 g/mol. The number of halogens is 1. The lowest BCUT2D eigenvalue weighted by Gasteiger charge is -2.09. The normalized spacial score (nSPS) is 11.1. The summed E-state index contributed by atoms with van der Waals surface area (Å²) in [6, 6.07) is 27.9. The highest BCUT2D eigenvalue weighted by Crippen LogP contribution is 2.32. The van der Waals surface area contributed by atoms with Crippen LogP contribution in [0.5, 0.6) is 0 Å². The standard InChI is InChI=1S/C27H23ClN4OS/c28-22-13-11-21(12-14-22)23-25-24(26(33)32(31-23)18-16-20-9-5-2-6-10-20)30-27(34-25)29-17-15-19-7-3-1-4-8-19/h1-14H,15-18H2,(H,29,30). The first-order chi connectivity index (χ1) is 16.7. The predicted octanol–water partition coefficient (Wildman–Crippen LogP) is 6.07. The van der Waals surface area contributed by atoms with Gasteiger partial charge in [-0.05, 0) is 36.1 Å². The number of aromatic nitrogens is 3. The molecule has 5 rings (SSSR count). The molecule has 170 valence electrons. The number of thiazole rings is 1. The van der Waals surface area contributed by atoms with Crippen molar-refractivity contribution in [1.29, 1.82) is 0 Å². The molecule has 0 radical (unpaired) electrons. The molecule has 2 aromatic heterocycles. The van der Waals surface area contributed by atoms with E-state index in [-0.39, 0.29) is 5.56 Å². The van der Waals surface area contributed by atoms with E-state index in [2.05, 4.69) is 34.6 Å². The molecular formula is C27H23ClN4OS. The van der Waals surface area contributed by atoms with E-state index in [0.717, 1.165) is 39.6 Å². The van der Waals surface area contributed by atoms with Crippen molar-refractivity contribution in [2.75, 3.05) is 11.9 Å². The van der Waals surface area contributed by atoms with Crippen molar-refractivity contribution in [3.05, 3.63) is 111 Å². The second-order valence-electron chi connectivity index (χ2n) is 7.98. The fourth-order valence-electron chi connectivity index (χ4n) is 3.82. The first-order valence-electron chi connectivity index (χ1n) is 11.2. The maximum absolute atomic E-state index is 13.3. The van der Waals surface area contributed by atoms with Crippen LogP contribution < -0.4 is 10.9 Å². The van der Waals surface area contributed by atoms with Gasteiger partial charge < -0.3 is 5.32 Å². The Balaban J connectivity index is 1.48. The fraction of sp³-hybridized carbons (Fsp3) is 0.148. The third-order valence-electron chi connectivity index (χ3n) is 5.61. The minimum atomic E-state index is -0.170. The van der Waals surface area contributed by atoms with Crippen LogP contribution >= 0.6 is 22.9 Å². The van der Waals surface area contributed by atoms with Gasteiger partial charge in [0.25, 0.3) is 5.56 Å². The van der Waals surface area contributed by atoms with Gasteiger partial charge in [0.15, 0.2) is 10.6 Å². The number of anilines is 1. The molecule has 0 saturated carbocycles. The van der Waals surface area contributed by atoms with Crippen LogP contribution in [0.25, 0.3) is 21.5 Å². The Hall–Kier alpha value is -3.48. The van der Waals surface area contributed by atoms with Gasteiger partial charge in [0.05, 0.1) is 4.70 Å². The van der Waals surface area contributed by atoms with E-state index in [1.807, 2.05) is 60.7 Å². The lowest BCUT2D eigenvalue weighted by atomic mass is 10.1. The molecule has 34 heavy (non-hydrogen) atoms. The molecule has 0 spiro atoms. The van der Waals surface area contributed by atoms with Crippen LogP contribution in [0.4, 0.5) is 5.13 Å². The highest BCUT2D eigenvalue weighted by atomic mass is 35.5. The van der Waals surface area contributed by atoms with Crippen molar-refractivity contribution in [3.8, 4) is 11.3 Å². The molecule has 2 heterocycles. The number of nitrogens with zero attached hydrogens (tertiary/aromatic N) is 3. The lowest BCUT2D eigenvalue weighted by Crippen LogP contribution is -2.24.